The molecule has 4 aromatic rings. The highest BCUT2D eigenvalue weighted by atomic mass is 79.9. The molecule has 26 heavy (non-hydrogen) atoms. The first-order chi connectivity index (χ1) is 12.7. The maximum absolute atomic E-state index is 4.71. The summed E-state index contributed by atoms with van der Waals surface area (Å²) in [6, 6.07) is 25.9. The van der Waals surface area contributed by atoms with Gasteiger partial charge >= 0.3 is 0 Å². The zero-order chi connectivity index (χ0) is 17.9. The molecule has 5 heteroatoms. The Hall–Kier alpha value is -2.37. The third kappa shape index (κ3) is 3.74. The van der Waals surface area contributed by atoms with E-state index in [0.29, 0.717) is 17.5 Å². The first-order valence-electron chi connectivity index (χ1n) is 8.02. The van der Waals surface area contributed by atoms with Crippen LogP contribution < -0.4 is 0 Å². The van der Waals surface area contributed by atoms with Crippen LogP contribution in [0.5, 0.6) is 0 Å². The van der Waals surface area contributed by atoms with Gasteiger partial charge in [-0.15, -0.1) is 0 Å². The average molecular weight is 467 g/mol. The minimum absolute atomic E-state index is 0.651. The van der Waals surface area contributed by atoms with Crippen molar-refractivity contribution in [3.05, 3.63) is 87.8 Å². The molecule has 0 saturated carbocycles. The maximum Gasteiger partial charge on any atom is 0.164 e. The second-order valence-corrected chi connectivity index (χ2v) is 7.52. The molecule has 3 aromatic carbocycles. The Bertz CT molecular complexity index is 1050. The highest BCUT2D eigenvalue weighted by molar-refractivity contribution is 9.10. The van der Waals surface area contributed by atoms with E-state index >= 15 is 0 Å². The van der Waals surface area contributed by atoms with Crippen molar-refractivity contribution < 1.29 is 0 Å². The number of aromatic nitrogens is 3. The monoisotopic (exact) mass is 465 g/mol. The number of hydrogen-bond acceptors (Lipinski definition) is 3. The van der Waals surface area contributed by atoms with E-state index in [1.807, 2.05) is 78.9 Å². The van der Waals surface area contributed by atoms with Crippen molar-refractivity contribution in [1.82, 2.24) is 15.0 Å². The van der Waals surface area contributed by atoms with Crippen LogP contribution in [0.2, 0.25) is 0 Å². The summed E-state index contributed by atoms with van der Waals surface area (Å²) >= 11 is 6.99. The maximum atomic E-state index is 4.71. The van der Waals surface area contributed by atoms with Crippen LogP contribution in [0.4, 0.5) is 0 Å². The van der Waals surface area contributed by atoms with E-state index in [4.69, 9.17) is 15.0 Å². The molecular weight excluding hydrogens is 454 g/mol. The number of rotatable bonds is 3. The molecule has 0 saturated heterocycles. The van der Waals surface area contributed by atoms with Gasteiger partial charge in [0.15, 0.2) is 17.5 Å². The first-order valence-corrected chi connectivity index (χ1v) is 9.61. The third-order valence-electron chi connectivity index (χ3n) is 3.85. The van der Waals surface area contributed by atoms with Crippen LogP contribution in [0.3, 0.4) is 0 Å². The molecule has 126 valence electrons. The summed E-state index contributed by atoms with van der Waals surface area (Å²) in [5.41, 5.74) is 2.85. The predicted octanol–water partition coefficient (Wildman–Crippen LogP) is 6.40. The van der Waals surface area contributed by atoms with Gasteiger partial charge in [0, 0.05) is 25.6 Å². The topological polar surface area (TPSA) is 38.7 Å². The van der Waals surface area contributed by atoms with Gasteiger partial charge in [-0.3, -0.25) is 0 Å². The summed E-state index contributed by atoms with van der Waals surface area (Å²) in [4.78, 5) is 14.1. The summed E-state index contributed by atoms with van der Waals surface area (Å²) in [7, 11) is 0. The van der Waals surface area contributed by atoms with Crippen LogP contribution in [-0.2, 0) is 0 Å². The van der Waals surface area contributed by atoms with Gasteiger partial charge < -0.3 is 0 Å². The normalized spacial score (nSPS) is 10.7. The highest BCUT2D eigenvalue weighted by Crippen LogP contribution is 2.26. The molecule has 0 radical (unpaired) electrons. The van der Waals surface area contributed by atoms with Gasteiger partial charge in [0.2, 0.25) is 0 Å². The fourth-order valence-corrected chi connectivity index (χ4v) is 3.24. The number of nitrogens with zero attached hydrogens (tertiary/aromatic N) is 3. The standard InChI is InChI=1S/C21H13Br2N3/c22-17-11-9-15(10-12-17)20-24-19(14-5-2-1-3-6-14)25-21(26-20)16-7-4-8-18(23)13-16/h1-13H. The fourth-order valence-electron chi connectivity index (χ4n) is 2.58. The van der Waals surface area contributed by atoms with Crippen LogP contribution in [0.15, 0.2) is 87.8 Å². The summed E-state index contributed by atoms with van der Waals surface area (Å²) in [6.45, 7) is 0. The van der Waals surface area contributed by atoms with Crippen molar-refractivity contribution in [2.45, 2.75) is 0 Å². The highest BCUT2D eigenvalue weighted by Gasteiger charge is 2.12. The van der Waals surface area contributed by atoms with E-state index in [1.165, 1.54) is 0 Å². The van der Waals surface area contributed by atoms with Crippen LogP contribution in [0.1, 0.15) is 0 Å². The summed E-state index contributed by atoms with van der Waals surface area (Å²) in [6.07, 6.45) is 0. The van der Waals surface area contributed by atoms with Gasteiger partial charge in [0.1, 0.15) is 0 Å². The molecule has 0 N–H and O–H groups in total. The van der Waals surface area contributed by atoms with Crippen molar-refractivity contribution in [1.29, 1.82) is 0 Å². The van der Waals surface area contributed by atoms with E-state index < -0.39 is 0 Å². The van der Waals surface area contributed by atoms with Crippen molar-refractivity contribution in [2.24, 2.45) is 0 Å². The smallest absolute Gasteiger partial charge is 0.164 e. The Balaban J connectivity index is 1.91. The summed E-state index contributed by atoms with van der Waals surface area (Å²) < 4.78 is 2.01. The molecule has 0 spiro atoms. The van der Waals surface area contributed by atoms with Crippen molar-refractivity contribution >= 4 is 31.9 Å². The largest absolute Gasteiger partial charge is 0.208 e. The summed E-state index contributed by atoms with van der Waals surface area (Å²) in [5.74, 6) is 1.97. The Morgan fingerprint density at radius 3 is 1.62 bits per heavy atom. The number of halogens is 2. The number of benzene rings is 3. The van der Waals surface area contributed by atoms with Gasteiger partial charge in [0.05, 0.1) is 0 Å². The molecule has 4 rings (SSSR count). The lowest BCUT2D eigenvalue weighted by Gasteiger charge is -2.08. The Labute approximate surface area is 168 Å². The fraction of sp³-hybridized carbons (Fsp3) is 0. The SMILES string of the molecule is Brc1ccc(-c2nc(-c3ccccc3)nc(-c3cccc(Br)c3)n2)cc1. The van der Waals surface area contributed by atoms with Gasteiger partial charge in [-0.2, -0.15) is 0 Å². The second-order valence-electron chi connectivity index (χ2n) is 5.69. The molecule has 3 nitrogen and oxygen atoms in total. The molecule has 1 aromatic heterocycles. The third-order valence-corrected chi connectivity index (χ3v) is 4.87. The lowest BCUT2D eigenvalue weighted by molar-refractivity contribution is 1.07. The van der Waals surface area contributed by atoms with E-state index in [9.17, 15) is 0 Å². The molecule has 0 fully saturated rings. The zero-order valence-corrected chi connectivity index (χ0v) is 16.8. The average Bonchev–Trinajstić information content (AvgIpc) is 2.69. The molecule has 0 unspecified atom stereocenters. The zero-order valence-electron chi connectivity index (χ0n) is 13.6. The second kappa shape index (κ2) is 7.48. The van der Waals surface area contributed by atoms with Crippen LogP contribution >= 0.6 is 31.9 Å². The number of hydrogen-bond donors (Lipinski definition) is 0. The van der Waals surface area contributed by atoms with Gasteiger partial charge in [0.25, 0.3) is 0 Å². The molecule has 0 aliphatic carbocycles. The molecule has 0 amide bonds. The predicted molar refractivity (Wildman–Crippen MR) is 112 cm³/mol. The minimum Gasteiger partial charge on any atom is -0.208 e. The first kappa shape index (κ1) is 17.1. The van der Waals surface area contributed by atoms with E-state index in [0.717, 1.165) is 25.6 Å². The quantitative estimate of drug-likeness (QED) is 0.350. The van der Waals surface area contributed by atoms with E-state index in [1.54, 1.807) is 0 Å². The Morgan fingerprint density at radius 1 is 0.462 bits per heavy atom. The van der Waals surface area contributed by atoms with Crippen LogP contribution in [-0.4, -0.2) is 15.0 Å². The van der Waals surface area contributed by atoms with E-state index in [-0.39, 0.29) is 0 Å². The van der Waals surface area contributed by atoms with Gasteiger partial charge in [-0.1, -0.05) is 86.5 Å². The molecule has 1 heterocycles. The minimum atomic E-state index is 0.651. The van der Waals surface area contributed by atoms with Crippen LogP contribution in [0, 0.1) is 0 Å². The van der Waals surface area contributed by atoms with E-state index in [2.05, 4.69) is 31.9 Å². The van der Waals surface area contributed by atoms with Gasteiger partial charge in [-0.25, -0.2) is 15.0 Å². The Kier molecular flexibility index (Phi) is 4.91. The van der Waals surface area contributed by atoms with Crippen molar-refractivity contribution in [3.63, 3.8) is 0 Å². The van der Waals surface area contributed by atoms with Crippen molar-refractivity contribution in [2.75, 3.05) is 0 Å². The van der Waals surface area contributed by atoms with Gasteiger partial charge in [-0.05, 0) is 24.3 Å². The lowest BCUT2D eigenvalue weighted by atomic mass is 10.1. The van der Waals surface area contributed by atoms with Crippen LogP contribution in [0.25, 0.3) is 34.2 Å². The van der Waals surface area contributed by atoms with Crippen molar-refractivity contribution in [3.8, 4) is 34.2 Å². The molecule has 0 bridgehead atoms. The molecular formula is C21H13Br2N3. The lowest BCUT2D eigenvalue weighted by Crippen LogP contribution is -2.00. The summed E-state index contributed by atoms with van der Waals surface area (Å²) in [5, 5.41) is 0. The molecule has 0 aliphatic heterocycles. The Morgan fingerprint density at radius 2 is 1.00 bits per heavy atom. The molecule has 0 atom stereocenters. The molecule has 0 aliphatic rings.